The Labute approximate surface area is 121 Å². The minimum atomic E-state index is -1.25. The van der Waals surface area contributed by atoms with Gasteiger partial charge in [0, 0.05) is 6.04 Å². The molecule has 0 saturated heterocycles. The third kappa shape index (κ3) is 4.93. The number of hydrogen-bond donors (Lipinski definition) is 2. The van der Waals surface area contributed by atoms with Crippen LogP contribution in [0.4, 0.5) is 9.18 Å². The van der Waals surface area contributed by atoms with E-state index in [1.165, 1.54) is 0 Å². The zero-order valence-corrected chi connectivity index (χ0v) is 13.4. The fraction of sp³-hybridized carbons (Fsp3) is 0.933. The van der Waals surface area contributed by atoms with E-state index in [2.05, 4.69) is 10.6 Å². The molecular formula is C15H29FN2O2. The number of hydrogen-bond acceptors (Lipinski definition) is 3. The lowest BCUT2D eigenvalue weighted by Crippen LogP contribution is -2.59. The smallest absolute Gasteiger partial charge is 0.407 e. The van der Waals surface area contributed by atoms with Gasteiger partial charge in [-0.2, -0.15) is 0 Å². The van der Waals surface area contributed by atoms with Crippen molar-refractivity contribution in [3.05, 3.63) is 0 Å². The van der Waals surface area contributed by atoms with Crippen LogP contribution in [0.2, 0.25) is 0 Å². The number of rotatable bonds is 4. The van der Waals surface area contributed by atoms with E-state index in [4.69, 9.17) is 4.74 Å². The molecule has 0 aromatic rings. The summed E-state index contributed by atoms with van der Waals surface area (Å²) in [6, 6.07) is -0.715. The molecule has 1 aliphatic rings. The van der Waals surface area contributed by atoms with Crippen LogP contribution >= 0.6 is 0 Å². The van der Waals surface area contributed by atoms with E-state index in [1.54, 1.807) is 7.05 Å². The molecule has 118 valence electrons. The van der Waals surface area contributed by atoms with Crippen LogP contribution in [0.15, 0.2) is 0 Å². The Bertz CT molecular complexity index is 322. The van der Waals surface area contributed by atoms with Gasteiger partial charge in [0.15, 0.2) is 0 Å². The Hall–Kier alpha value is -0.840. The molecule has 0 spiro atoms. The summed E-state index contributed by atoms with van der Waals surface area (Å²) in [5.74, 6) is 0. The molecular weight excluding hydrogens is 259 g/mol. The molecule has 2 atom stereocenters. The minimum absolute atomic E-state index is 0.321. The van der Waals surface area contributed by atoms with Gasteiger partial charge in [0.25, 0.3) is 0 Å². The summed E-state index contributed by atoms with van der Waals surface area (Å²) in [7, 11) is 1.74. The number of likely N-dealkylation sites (N-methyl/N-ethyl adjacent to an activating group) is 1. The standard InChI is InChI=1S/C15H29FN2O2/c1-11(18-13(19)20-14(2,3)4)12(17-5)15(16)9-7-6-8-10-15/h11-12,17H,6-10H2,1-5H3,(H,18,19). The molecule has 0 aliphatic heterocycles. The average molecular weight is 288 g/mol. The lowest BCUT2D eigenvalue weighted by Gasteiger charge is -2.40. The predicted octanol–water partition coefficient (Wildman–Crippen LogP) is 3.16. The number of alkyl halides is 1. The van der Waals surface area contributed by atoms with Crippen molar-refractivity contribution in [1.29, 1.82) is 0 Å². The summed E-state index contributed by atoms with van der Waals surface area (Å²) < 4.78 is 20.2. The van der Waals surface area contributed by atoms with E-state index in [9.17, 15) is 4.79 Å². The molecule has 0 heterocycles. The second-order valence-corrected chi connectivity index (χ2v) is 6.80. The number of alkyl carbamates (subject to hydrolysis) is 1. The van der Waals surface area contributed by atoms with Crippen molar-refractivity contribution in [3.63, 3.8) is 0 Å². The third-order valence-electron chi connectivity index (χ3n) is 3.80. The van der Waals surface area contributed by atoms with E-state index >= 15 is 4.39 Å². The summed E-state index contributed by atoms with van der Waals surface area (Å²) in [5, 5.41) is 5.78. The summed E-state index contributed by atoms with van der Waals surface area (Å²) in [5.41, 5.74) is -1.79. The fourth-order valence-corrected chi connectivity index (χ4v) is 2.98. The highest BCUT2D eigenvalue weighted by Crippen LogP contribution is 2.35. The molecule has 2 unspecified atom stereocenters. The number of halogens is 1. The minimum Gasteiger partial charge on any atom is -0.444 e. The lowest BCUT2D eigenvalue weighted by molar-refractivity contribution is 0.0326. The normalized spacial score (nSPS) is 21.9. The molecule has 5 heteroatoms. The zero-order chi connectivity index (χ0) is 15.4. The predicted molar refractivity (Wildman–Crippen MR) is 78.6 cm³/mol. The molecule has 0 bridgehead atoms. The second-order valence-electron chi connectivity index (χ2n) is 6.80. The lowest BCUT2D eigenvalue weighted by atomic mass is 9.78. The fourth-order valence-electron chi connectivity index (χ4n) is 2.98. The van der Waals surface area contributed by atoms with Crippen LogP contribution in [0, 0.1) is 0 Å². The highest BCUT2D eigenvalue weighted by Gasteiger charge is 2.42. The van der Waals surface area contributed by atoms with Gasteiger partial charge in [-0.05, 0) is 47.6 Å². The molecule has 1 fully saturated rings. The molecule has 4 nitrogen and oxygen atoms in total. The monoisotopic (exact) mass is 288 g/mol. The maximum Gasteiger partial charge on any atom is 0.407 e. The average Bonchev–Trinajstić information content (AvgIpc) is 2.27. The van der Waals surface area contributed by atoms with E-state index in [0.29, 0.717) is 12.8 Å². The van der Waals surface area contributed by atoms with Crippen LogP contribution in [0.1, 0.15) is 59.8 Å². The van der Waals surface area contributed by atoms with Crippen molar-refractivity contribution in [2.75, 3.05) is 7.05 Å². The maximum absolute atomic E-state index is 15.0. The highest BCUT2D eigenvalue weighted by molar-refractivity contribution is 5.68. The number of carbonyl (C=O) groups is 1. The molecule has 0 aromatic carbocycles. The van der Waals surface area contributed by atoms with Crippen LogP contribution in [-0.4, -0.2) is 36.5 Å². The van der Waals surface area contributed by atoms with Gasteiger partial charge in [0.05, 0.1) is 6.04 Å². The first-order valence-electron chi connectivity index (χ1n) is 7.54. The quantitative estimate of drug-likeness (QED) is 0.835. The van der Waals surface area contributed by atoms with Gasteiger partial charge in [-0.25, -0.2) is 9.18 Å². The summed E-state index contributed by atoms with van der Waals surface area (Å²) in [4.78, 5) is 11.8. The van der Waals surface area contributed by atoms with E-state index < -0.39 is 23.4 Å². The summed E-state index contributed by atoms with van der Waals surface area (Å²) in [6.07, 6.45) is 3.53. The number of amides is 1. The molecule has 0 radical (unpaired) electrons. The Kier molecular flexibility index (Phi) is 5.80. The molecule has 1 aliphatic carbocycles. The van der Waals surface area contributed by atoms with Gasteiger partial charge in [-0.3, -0.25) is 0 Å². The molecule has 1 saturated carbocycles. The van der Waals surface area contributed by atoms with Crippen molar-refractivity contribution < 1.29 is 13.9 Å². The van der Waals surface area contributed by atoms with Gasteiger partial charge in [-0.1, -0.05) is 19.3 Å². The highest BCUT2D eigenvalue weighted by atomic mass is 19.1. The van der Waals surface area contributed by atoms with Crippen molar-refractivity contribution in [3.8, 4) is 0 Å². The SMILES string of the molecule is CNC(C(C)NC(=O)OC(C)(C)C)C1(F)CCCCC1. The number of carbonyl (C=O) groups excluding carboxylic acids is 1. The molecule has 1 rings (SSSR count). The largest absolute Gasteiger partial charge is 0.444 e. The van der Waals surface area contributed by atoms with Gasteiger partial charge < -0.3 is 15.4 Å². The summed E-state index contributed by atoms with van der Waals surface area (Å²) in [6.45, 7) is 7.25. The topological polar surface area (TPSA) is 50.4 Å². The van der Waals surface area contributed by atoms with Crippen molar-refractivity contribution in [1.82, 2.24) is 10.6 Å². The van der Waals surface area contributed by atoms with Crippen molar-refractivity contribution in [2.24, 2.45) is 0 Å². The zero-order valence-electron chi connectivity index (χ0n) is 13.4. The Balaban J connectivity index is 2.62. The Morgan fingerprint density at radius 3 is 2.25 bits per heavy atom. The van der Waals surface area contributed by atoms with Crippen molar-refractivity contribution >= 4 is 6.09 Å². The number of nitrogens with one attached hydrogen (secondary N) is 2. The molecule has 20 heavy (non-hydrogen) atoms. The second kappa shape index (κ2) is 6.74. The Morgan fingerprint density at radius 2 is 1.80 bits per heavy atom. The van der Waals surface area contributed by atoms with Crippen LogP contribution in [0.5, 0.6) is 0 Å². The van der Waals surface area contributed by atoms with E-state index in [-0.39, 0.29) is 6.04 Å². The van der Waals surface area contributed by atoms with Crippen LogP contribution in [0.25, 0.3) is 0 Å². The maximum atomic E-state index is 15.0. The van der Waals surface area contributed by atoms with Gasteiger partial charge in [-0.15, -0.1) is 0 Å². The molecule has 2 N–H and O–H groups in total. The van der Waals surface area contributed by atoms with E-state index in [0.717, 1.165) is 19.3 Å². The van der Waals surface area contributed by atoms with Gasteiger partial charge >= 0.3 is 6.09 Å². The van der Waals surface area contributed by atoms with Crippen LogP contribution < -0.4 is 10.6 Å². The van der Waals surface area contributed by atoms with Gasteiger partial charge in [0.2, 0.25) is 0 Å². The van der Waals surface area contributed by atoms with Crippen LogP contribution in [0.3, 0.4) is 0 Å². The third-order valence-corrected chi connectivity index (χ3v) is 3.80. The first-order chi connectivity index (χ1) is 9.18. The van der Waals surface area contributed by atoms with Crippen molar-refractivity contribution in [2.45, 2.75) is 83.2 Å². The number of ether oxygens (including phenoxy) is 1. The van der Waals surface area contributed by atoms with Gasteiger partial charge in [0.1, 0.15) is 11.3 Å². The molecule has 1 amide bonds. The Morgan fingerprint density at radius 1 is 1.25 bits per heavy atom. The first kappa shape index (κ1) is 17.2. The van der Waals surface area contributed by atoms with Crippen LogP contribution in [-0.2, 0) is 4.74 Å². The first-order valence-corrected chi connectivity index (χ1v) is 7.54. The molecule has 0 aromatic heterocycles. The van der Waals surface area contributed by atoms with E-state index in [1.807, 2.05) is 27.7 Å². The summed E-state index contributed by atoms with van der Waals surface area (Å²) >= 11 is 0.